The van der Waals surface area contributed by atoms with Crippen molar-refractivity contribution in [3.05, 3.63) is 29.3 Å². The molecule has 0 bridgehead atoms. The molecule has 1 atom stereocenters. The summed E-state index contributed by atoms with van der Waals surface area (Å²) in [6.45, 7) is 5.49. The van der Waals surface area contributed by atoms with Crippen LogP contribution in [-0.2, 0) is 4.79 Å². The van der Waals surface area contributed by atoms with E-state index in [0.717, 1.165) is 11.1 Å². The Bertz CT molecular complexity index is 458. The molecular formula is C13H18N2O3. The summed E-state index contributed by atoms with van der Waals surface area (Å²) >= 11 is 0. The Kier molecular flexibility index (Phi) is 4.71. The number of aryl methyl sites for hydroxylation is 2. The smallest absolute Gasteiger partial charge is 0.321 e. The Morgan fingerprint density at radius 3 is 2.50 bits per heavy atom. The van der Waals surface area contributed by atoms with Crippen molar-refractivity contribution in [3.8, 4) is 5.75 Å². The predicted molar refractivity (Wildman–Crippen MR) is 68.6 cm³/mol. The first-order valence-electron chi connectivity index (χ1n) is 5.70. The molecule has 1 aromatic rings. The van der Waals surface area contributed by atoms with Gasteiger partial charge in [0.05, 0.1) is 0 Å². The van der Waals surface area contributed by atoms with Gasteiger partial charge >= 0.3 is 6.03 Å². The molecule has 5 nitrogen and oxygen atoms in total. The van der Waals surface area contributed by atoms with Gasteiger partial charge in [0.2, 0.25) is 0 Å². The van der Waals surface area contributed by atoms with Crippen LogP contribution in [-0.4, -0.2) is 25.1 Å². The summed E-state index contributed by atoms with van der Waals surface area (Å²) in [5.41, 5.74) is 2.08. The van der Waals surface area contributed by atoms with Crippen molar-refractivity contribution in [2.75, 3.05) is 7.05 Å². The second-order valence-electron chi connectivity index (χ2n) is 4.10. The largest absolute Gasteiger partial charge is 0.481 e. The summed E-state index contributed by atoms with van der Waals surface area (Å²) in [5.74, 6) is 0.162. The van der Waals surface area contributed by atoms with Crippen LogP contribution >= 0.6 is 0 Å². The molecule has 0 aliphatic rings. The molecule has 0 unspecified atom stereocenters. The molecule has 1 rings (SSSR count). The highest BCUT2D eigenvalue weighted by molar-refractivity contribution is 5.96. The van der Waals surface area contributed by atoms with E-state index < -0.39 is 18.0 Å². The van der Waals surface area contributed by atoms with Crippen LogP contribution in [0.25, 0.3) is 0 Å². The van der Waals surface area contributed by atoms with Gasteiger partial charge in [-0.05, 0) is 32.4 Å². The number of carbonyl (C=O) groups excluding carboxylic acids is 2. The van der Waals surface area contributed by atoms with Gasteiger partial charge in [-0.1, -0.05) is 17.7 Å². The summed E-state index contributed by atoms with van der Waals surface area (Å²) in [7, 11) is 1.44. The first kappa shape index (κ1) is 14.0. The van der Waals surface area contributed by atoms with E-state index in [2.05, 4.69) is 10.6 Å². The Morgan fingerprint density at radius 2 is 1.94 bits per heavy atom. The molecule has 0 radical (unpaired) electrons. The molecule has 2 N–H and O–H groups in total. The maximum Gasteiger partial charge on any atom is 0.321 e. The molecule has 0 fully saturated rings. The van der Waals surface area contributed by atoms with Crippen molar-refractivity contribution in [1.29, 1.82) is 0 Å². The van der Waals surface area contributed by atoms with Crippen LogP contribution in [0.15, 0.2) is 18.2 Å². The van der Waals surface area contributed by atoms with Crippen LogP contribution in [0.3, 0.4) is 0 Å². The van der Waals surface area contributed by atoms with E-state index in [4.69, 9.17) is 4.74 Å². The zero-order chi connectivity index (χ0) is 13.7. The van der Waals surface area contributed by atoms with Gasteiger partial charge in [-0.15, -0.1) is 0 Å². The lowest BCUT2D eigenvalue weighted by molar-refractivity contribution is -0.126. The number of nitrogens with one attached hydrogen (secondary N) is 2. The number of ether oxygens (including phenoxy) is 1. The zero-order valence-corrected chi connectivity index (χ0v) is 11.0. The predicted octanol–water partition coefficient (Wildman–Crippen LogP) is 1.53. The molecule has 0 saturated carbocycles. The number of hydrogen-bond acceptors (Lipinski definition) is 3. The third kappa shape index (κ3) is 3.76. The molecule has 3 amide bonds. The number of amides is 3. The van der Waals surface area contributed by atoms with Crippen molar-refractivity contribution in [2.24, 2.45) is 0 Å². The molecule has 0 heterocycles. The second-order valence-corrected chi connectivity index (χ2v) is 4.10. The third-order valence-corrected chi connectivity index (χ3v) is 2.47. The Hall–Kier alpha value is -2.04. The maximum absolute atomic E-state index is 11.6. The van der Waals surface area contributed by atoms with E-state index in [9.17, 15) is 9.59 Å². The quantitative estimate of drug-likeness (QED) is 0.854. The topological polar surface area (TPSA) is 67.4 Å². The summed E-state index contributed by atoms with van der Waals surface area (Å²) < 4.78 is 5.52. The molecule has 5 heteroatoms. The standard InChI is InChI=1S/C13H18N2O3/c1-8-5-6-11(9(2)7-8)18-10(3)12(16)15-13(17)14-4/h5-7,10H,1-4H3,(H2,14,15,16,17)/t10-/m1/s1. The molecule has 0 saturated heterocycles. The summed E-state index contributed by atoms with van der Waals surface area (Å²) in [6, 6.07) is 5.15. The third-order valence-electron chi connectivity index (χ3n) is 2.47. The number of hydrogen-bond donors (Lipinski definition) is 2. The van der Waals surface area contributed by atoms with E-state index in [1.54, 1.807) is 6.92 Å². The Balaban J connectivity index is 2.66. The van der Waals surface area contributed by atoms with Gasteiger partial charge in [-0.3, -0.25) is 10.1 Å². The average Bonchev–Trinajstić information content (AvgIpc) is 2.32. The van der Waals surface area contributed by atoms with Crippen LogP contribution in [0.4, 0.5) is 4.79 Å². The molecular weight excluding hydrogens is 232 g/mol. The van der Waals surface area contributed by atoms with Gasteiger partial charge in [-0.2, -0.15) is 0 Å². The highest BCUT2D eigenvalue weighted by atomic mass is 16.5. The molecule has 0 aromatic heterocycles. The lowest BCUT2D eigenvalue weighted by Crippen LogP contribution is -2.44. The van der Waals surface area contributed by atoms with Crippen molar-refractivity contribution in [2.45, 2.75) is 26.9 Å². The van der Waals surface area contributed by atoms with E-state index >= 15 is 0 Å². The molecule has 1 aromatic carbocycles. The average molecular weight is 250 g/mol. The first-order chi connectivity index (χ1) is 8.43. The fourth-order valence-electron chi connectivity index (χ4n) is 1.45. The maximum atomic E-state index is 11.6. The van der Waals surface area contributed by atoms with Crippen LogP contribution in [0.5, 0.6) is 5.75 Å². The fourth-order valence-corrected chi connectivity index (χ4v) is 1.45. The minimum absolute atomic E-state index is 0.477. The molecule has 18 heavy (non-hydrogen) atoms. The molecule has 0 aliphatic heterocycles. The van der Waals surface area contributed by atoms with E-state index in [1.807, 2.05) is 32.0 Å². The van der Waals surface area contributed by atoms with Crippen LogP contribution in [0, 0.1) is 13.8 Å². The van der Waals surface area contributed by atoms with Crippen molar-refractivity contribution in [3.63, 3.8) is 0 Å². The van der Waals surface area contributed by atoms with Gasteiger partial charge in [0, 0.05) is 7.05 Å². The SMILES string of the molecule is CNC(=O)NC(=O)[C@@H](C)Oc1ccc(C)cc1C. The first-order valence-corrected chi connectivity index (χ1v) is 5.70. The van der Waals surface area contributed by atoms with Gasteiger partial charge < -0.3 is 10.1 Å². The lowest BCUT2D eigenvalue weighted by atomic mass is 10.1. The summed E-state index contributed by atoms with van der Waals surface area (Å²) in [6.07, 6.45) is -0.733. The van der Waals surface area contributed by atoms with Gasteiger partial charge in [0.15, 0.2) is 6.10 Å². The normalized spacial score (nSPS) is 11.6. The summed E-state index contributed by atoms with van der Waals surface area (Å²) in [5, 5.41) is 4.47. The number of urea groups is 1. The fraction of sp³-hybridized carbons (Fsp3) is 0.385. The van der Waals surface area contributed by atoms with Crippen molar-refractivity contribution in [1.82, 2.24) is 10.6 Å². The van der Waals surface area contributed by atoms with Crippen LogP contribution in [0.2, 0.25) is 0 Å². The highest BCUT2D eigenvalue weighted by Crippen LogP contribution is 2.19. The van der Waals surface area contributed by atoms with E-state index in [1.165, 1.54) is 7.05 Å². The highest BCUT2D eigenvalue weighted by Gasteiger charge is 2.17. The minimum atomic E-state index is -0.733. The molecule has 0 aliphatic carbocycles. The summed E-state index contributed by atoms with van der Waals surface area (Å²) in [4.78, 5) is 22.6. The minimum Gasteiger partial charge on any atom is -0.481 e. The van der Waals surface area contributed by atoms with Crippen LogP contribution < -0.4 is 15.4 Å². The monoisotopic (exact) mass is 250 g/mol. The number of imide groups is 1. The van der Waals surface area contributed by atoms with Crippen molar-refractivity contribution >= 4 is 11.9 Å². The number of carbonyl (C=O) groups is 2. The van der Waals surface area contributed by atoms with Gasteiger partial charge in [-0.25, -0.2) is 4.79 Å². The lowest BCUT2D eigenvalue weighted by Gasteiger charge is -2.15. The van der Waals surface area contributed by atoms with Gasteiger partial charge in [0.25, 0.3) is 5.91 Å². The zero-order valence-electron chi connectivity index (χ0n) is 11.0. The second kappa shape index (κ2) is 6.05. The Morgan fingerprint density at radius 1 is 1.28 bits per heavy atom. The van der Waals surface area contributed by atoms with Crippen molar-refractivity contribution < 1.29 is 14.3 Å². The van der Waals surface area contributed by atoms with E-state index in [0.29, 0.717) is 5.75 Å². The van der Waals surface area contributed by atoms with Gasteiger partial charge in [0.1, 0.15) is 5.75 Å². The number of benzene rings is 1. The number of rotatable bonds is 3. The van der Waals surface area contributed by atoms with Crippen LogP contribution in [0.1, 0.15) is 18.1 Å². The van der Waals surface area contributed by atoms with E-state index in [-0.39, 0.29) is 0 Å². The molecule has 0 spiro atoms. The Labute approximate surface area is 107 Å². The molecule has 98 valence electrons.